The molecule has 4 heteroatoms. The second-order valence-electron chi connectivity index (χ2n) is 5.79. The van der Waals surface area contributed by atoms with Crippen molar-refractivity contribution in [1.82, 2.24) is 5.32 Å². The smallest absolute Gasteiger partial charge is 0.251 e. The molecule has 2 aromatic carbocycles. The highest BCUT2D eigenvalue weighted by Crippen LogP contribution is 2.25. The molecule has 1 aliphatic heterocycles. The van der Waals surface area contributed by atoms with Crippen LogP contribution in [0.1, 0.15) is 22.3 Å². The molecule has 4 nitrogen and oxygen atoms in total. The summed E-state index contributed by atoms with van der Waals surface area (Å²) in [6.45, 7) is 2.29. The van der Waals surface area contributed by atoms with Crippen molar-refractivity contribution in [1.29, 1.82) is 0 Å². The Balaban J connectivity index is 1.44. The molecular weight excluding hydrogens is 288 g/mol. The number of anilines is 1. The first kappa shape index (κ1) is 15.4. The van der Waals surface area contributed by atoms with E-state index in [0.29, 0.717) is 18.7 Å². The third kappa shape index (κ3) is 3.83. The van der Waals surface area contributed by atoms with Crippen molar-refractivity contribution in [2.45, 2.75) is 12.8 Å². The Morgan fingerprint density at radius 2 is 2.04 bits per heavy atom. The standard InChI is InChI=1S/C19H22N2O2/c1-21(17-6-3-2-4-7-17)12-5-11-20-19(22)16-8-9-18-15(14-16)10-13-23-18/h2-4,6-9,14H,5,10-13H2,1H3,(H,20,22). The molecule has 1 heterocycles. The van der Waals surface area contributed by atoms with Crippen LogP contribution < -0.4 is 15.0 Å². The predicted octanol–water partition coefficient (Wildman–Crippen LogP) is 2.88. The van der Waals surface area contributed by atoms with Gasteiger partial charge in [0.25, 0.3) is 5.91 Å². The zero-order chi connectivity index (χ0) is 16.1. The molecule has 0 aromatic heterocycles. The maximum atomic E-state index is 12.2. The normalized spacial score (nSPS) is 12.4. The summed E-state index contributed by atoms with van der Waals surface area (Å²) in [5.74, 6) is 0.896. The maximum absolute atomic E-state index is 12.2. The van der Waals surface area contributed by atoms with E-state index in [1.807, 2.05) is 36.4 Å². The molecule has 0 aliphatic carbocycles. The number of rotatable bonds is 6. The highest BCUT2D eigenvalue weighted by atomic mass is 16.5. The summed E-state index contributed by atoms with van der Waals surface area (Å²) >= 11 is 0. The van der Waals surface area contributed by atoms with Crippen LogP contribution in [0, 0.1) is 0 Å². The van der Waals surface area contributed by atoms with Gasteiger partial charge in [0.05, 0.1) is 6.61 Å². The fraction of sp³-hybridized carbons (Fsp3) is 0.316. The van der Waals surface area contributed by atoms with E-state index in [4.69, 9.17) is 4.74 Å². The Labute approximate surface area is 137 Å². The molecule has 120 valence electrons. The van der Waals surface area contributed by atoms with Gasteiger partial charge in [0.2, 0.25) is 0 Å². The molecule has 0 unspecified atom stereocenters. The number of carbonyl (C=O) groups is 1. The third-order valence-electron chi connectivity index (χ3n) is 4.10. The Hall–Kier alpha value is -2.49. The zero-order valence-electron chi connectivity index (χ0n) is 13.4. The summed E-state index contributed by atoms with van der Waals surface area (Å²) in [6.07, 6.45) is 1.80. The van der Waals surface area contributed by atoms with Crippen LogP contribution in [0.5, 0.6) is 5.75 Å². The molecule has 0 saturated heterocycles. The third-order valence-corrected chi connectivity index (χ3v) is 4.10. The topological polar surface area (TPSA) is 41.6 Å². The number of carbonyl (C=O) groups excluding carboxylic acids is 1. The number of fused-ring (bicyclic) bond motifs is 1. The van der Waals surface area contributed by atoms with Crippen LogP contribution in [-0.4, -0.2) is 32.7 Å². The van der Waals surface area contributed by atoms with Gasteiger partial charge in [0, 0.05) is 37.8 Å². The van der Waals surface area contributed by atoms with Crippen LogP contribution in [-0.2, 0) is 6.42 Å². The number of ether oxygens (including phenoxy) is 1. The first-order valence-corrected chi connectivity index (χ1v) is 8.04. The minimum atomic E-state index is -0.0120. The van der Waals surface area contributed by atoms with Gasteiger partial charge >= 0.3 is 0 Å². The minimum Gasteiger partial charge on any atom is -0.493 e. The largest absolute Gasteiger partial charge is 0.493 e. The van der Waals surface area contributed by atoms with Gasteiger partial charge in [-0.1, -0.05) is 18.2 Å². The van der Waals surface area contributed by atoms with Crippen molar-refractivity contribution in [3.05, 3.63) is 59.7 Å². The Morgan fingerprint density at radius 3 is 2.87 bits per heavy atom. The molecule has 23 heavy (non-hydrogen) atoms. The number of amides is 1. The second-order valence-corrected chi connectivity index (χ2v) is 5.79. The molecule has 1 N–H and O–H groups in total. The molecule has 1 amide bonds. The van der Waals surface area contributed by atoms with E-state index in [1.54, 1.807) is 0 Å². The monoisotopic (exact) mass is 310 g/mol. The molecule has 3 rings (SSSR count). The van der Waals surface area contributed by atoms with Crippen LogP contribution in [0.2, 0.25) is 0 Å². The van der Waals surface area contributed by atoms with Gasteiger partial charge in [-0.05, 0) is 42.3 Å². The first-order valence-electron chi connectivity index (χ1n) is 8.04. The maximum Gasteiger partial charge on any atom is 0.251 e. The molecular formula is C19H22N2O2. The number of nitrogens with zero attached hydrogens (tertiary/aromatic N) is 1. The van der Waals surface area contributed by atoms with E-state index in [9.17, 15) is 4.79 Å². The van der Waals surface area contributed by atoms with Crippen LogP contribution in [0.4, 0.5) is 5.69 Å². The average molecular weight is 310 g/mol. The van der Waals surface area contributed by atoms with Gasteiger partial charge in [-0.2, -0.15) is 0 Å². The number of para-hydroxylation sites is 1. The number of hydrogen-bond donors (Lipinski definition) is 1. The highest BCUT2D eigenvalue weighted by molar-refractivity contribution is 5.94. The molecule has 0 radical (unpaired) electrons. The lowest BCUT2D eigenvalue weighted by Crippen LogP contribution is -2.28. The lowest BCUT2D eigenvalue weighted by molar-refractivity contribution is 0.0953. The molecule has 1 aliphatic rings. The lowest BCUT2D eigenvalue weighted by Gasteiger charge is -2.19. The highest BCUT2D eigenvalue weighted by Gasteiger charge is 2.14. The van der Waals surface area contributed by atoms with Crippen LogP contribution >= 0.6 is 0 Å². The van der Waals surface area contributed by atoms with E-state index in [2.05, 4.69) is 29.4 Å². The SMILES string of the molecule is CN(CCCNC(=O)c1ccc2c(c1)CCO2)c1ccccc1. The van der Waals surface area contributed by atoms with Gasteiger partial charge in [0.15, 0.2) is 0 Å². The van der Waals surface area contributed by atoms with Gasteiger partial charge in [-0.3, -0.25) is 4.79 Å². The molecule has 0 fully saturated rings. The van der Waals surface area contributed by atoms with E-state index < -0.39 is 0 Å². The molecule has 0 atom stereocenters. The van der Waals surface area contributed by atoms with E-state index in [0.717, 1.165) is 30.7 Å². The van der Waals surface area contributed by atoms with Crippen molar-refractivity contribution in [3.8, 4) is 5.75 Å². The lowest BCUT2D eigenvalue weighted by atomic mass is 10.1. The fourth-order valence-corrected chi connectivity index (χ4v) is 2.76. The predicted molar refractivity (Wildman–Crippen MR) is 92.3 cm³/mol. The van der Waals surface area contributed by atoms with Crippen LogP contribution in [0.25, 0.3) is 0 Å². The van der Waals surface area contributed by atoms with Crippen molar-refractivity contribution in [2.75, 3.05) is 31.6 Å². The van der Waals surface area contributed by atoms with Crippen molar-refractivity contribution in [2.24, 2.45) is 0 Å². The summed E-state index contributed by atoms with van der Waals surface area (Å²) in [5, 5.41) is 2.99. The Morgan fingerprint density at radius 1 is 1.22 bits per heavy atom. The Bertz CT molecular complexity index is 670. The van der Waals surface area contributed by atoms with E-state index >= 15 is 0 Å². The van der Waals surface area contributed by atoms with Crippen LogP contribution in [0.15, 0.2) is 48.5 Å². The summed E-state index contributed by atoms with van der Waals surface area (Å²) in [6, 6.07) is 15.9. The van der Waals surface area contributed by atoms with Crippen molar-refractivity contribution in [3.63, 3.8) is 0 Å². The van der Waals surface area contributed by atoms with Gasteiger partial charge < -0.3 is 15.0 Å². The summed E-state index contributed by atoms with van der Waals surface area (Å²) < 4.78 is 5.46. The van der Waals surface area contributed by atoms with E-state index in [-0.39, 0.29) is 5.91 Å². The summed E-state index contributed by atoms with van der Waals surface area (Å²) in [4.78, 5) is 14.4. The van der Waals surface area contributed by atoms with E-state index in [1.165, 1.54) is 5.69 Å². The van der Waals surface area contributed by atoms with Crippen LogP contribution in [0.3, 0.4) is 0 Å². The van der Waals surface area contributed by atoms with Crippen molar-refractivity contribution < 1.29 is 9.53 Å². The number of benzene rings is 2. The Kier molecular flexibility index (Phi) is 4.81. The van der Waals surface area contributed by atoms with Gasteiger partial charge in [-0.15, -0.1) is 0 Å². The van der Waals surface area contributed by atoms with Crippen molar-refractivity contribution >= 4 is 11.6 Å². The molecule has 2 aromatic rings. The quantitative estimate of drug-likeness (QED) is 0.834. The molecule has 0 saturated carbocycles. The van der Waals surface area contributed by atoms with Gasteiger partial charge in [0.1, 0.15) is 5.75 Å². The average Bonchev–Trinajstić information content (AvgIpc) is 3.06. The summed E-state index contributed by atoms with van der Waals surface area (Å²) in [5.41, 5.74) is 3.03. The number of hydrogen-bond acceptors (Lipinski definition) is 3. The second kappa shape index (κ2) is 7.18. The zero-order valence-corrected chi connectivity index (χ0v) is 13.4. The minimum absolute atomic E-state index is 0.0120. The summed E-state index contributed by atoms with van der Waals surface area (Å²) in [7, 11) is 2.07. The first-order chi connectivity index (χ1) is 11.2. The molecule has 0 spiro atoms. The number of nitrogens with one attached hydrogen (secondary N) is 1. The molecule has 0 bridgehead atoms. The van der Waals surface area contributed by atoms with Gasteiger partial charge in [-0.25, -0.2) is 0 Å². The fourth-order valence-electron chi connectivity index (χ4n) is 2.76.